The third-order valence-electron chi connectivity index (χ3n) is 5.22. The molecule has 0 aromatic heterocycles. The monoisotopic (exact) mass is 459 g/mol. The molecule has 33 heavy (non-hydrogen) atoms. The second-order valence-electron chi connectivity index (χ2n) is 8.40. The number of alkyl carbamates (subject to hydrolysis) is 1. The van der Waals surface area contributed by atoms with Crippen molar-refractivity contribution in [3.8, 4) is 0 Å². The lowest BCUT2D eigenvalue weighted by Crippen LogP contribution is -2.50. The van der Waals surface area contributed by atoms with Gasteiger partial charge in [0.25, 0.3) is 0 Å². The van der Waals surface area contributed by atoms with E-state index in [-0.39, 0.29) is 24.3 Å². The van der Waals surface area contributed by atoms with E-state index >= 15 is 0 Å². The summed E-state index contributed by atoms with van der Waals surface area (Å²) >= 11 is 0. The Bertz CT molecular complexity index is 840. The number of nitrogens with one attached hydrogen (secondary N) is 3. The molecule has 9 nitrogen and oxygen atoms in total. The van der Waals surface area contributed by atoms with E-state index < -0.39 is 30.1 Å². The number of amides is 3. The van der Waals surface area contributed by atoms with Crippen molar-refractivity contribution in [2.75, 3.05) is 13.7 Å². The first-order valence-electron chi connectivity index (χ1n) is 11.1. The molecule has 0 radical (unpaired) electrons. The van der Waals surface area contributed by atoms with Crippen molar-refractivity contribution in [3.05, 3.63) is 48.0 Å². The molecule has 3 amide bonds. The second kappa shape index (κ2) is 13.2. The van der Waals surface area contributed by atoms with Crippen LogP contribution in [0.25, 0.3) is 0 Å². The lowest BCUT2D eigenvalue weighted by Gasteiger charge is -2.24. The summed E-state index contributed by atoms with van der Waals surface area (Å²) in [6.45, 7) is 4.54. The largest absolute Gasteiger partial charge is 0.466 e. The molecule has 1 heterocycles. The van der Waals surface area contributed by atoms with Crippen molar-refractivity contribution in [1.29, 1.82) is 0 Å². The quantitative estimate of drug-likeness (QED) is 0.344. The van der Waals surface area contributed by atoms with Crippen LogP contribution in [0.2, 0.25) is 0 Å². The third kappa shape index (κ3) is 9.34. The van der Waals surface area contributed by atoms with Gasteiger partial charge in [-0.15, -0.1) is 0 Å². The molecule has 9 heteroatoms. The van der Waals surface area contributed by atoms with E-state index in [0.717, 1.165) is 5.56 Å². The summed E-state index contributed by atoms with van der Waals surface area (Å²) in [5.74, 6) is -1.21. The van der Waals surface area contributed by atoms with Gasteiger partial charge in [0.2, 0.25) is 11.8 Å². The zero-order chi connectivity index (χ0) is 24.2. The van der Waals surface area contributed by atoms with Crippen molar-refractivity contribution in [1.82, 2.24) is 16.0 Å². The van der Waals surface area contributed by atoms with Crippen LogP contribution in [0.3, 0.4) is 0 Å². The number of hydrogen-bond acceptors (Lipinski definition) is 6. The van der Waals surface area contributed by atoms with Crippen LogP contribution in [0.15, 0.2) is 42.5 Å². The van der Waals surface area contributed by atoms with Crippen molar-refractivity contribution >= 4 is 23.9 Å². The molecular weight excluding hydrogens is 426 g/mol. The topological polar surface area (TPSA) is 123 Å². The molecule has 0 spiro atoms. The van der Waals surface area contributed by atoms with Crippen LogP contribution in [0.5, 0.6) is 0 Å². The third-order valence-corrected chi connectivity index (χ3v) is 5.22. The first-order chi connectivity index (χ1) is 15.8. The smallest absolute Gasteiger partial charge is 0.408 e. The normalized spacial score (nSPS) is 17.3. The zero-order valence-electron chi connectivity index (χ0n) is 19.3. The van der Waals surface area contributed by atoms with E-state index in [1.165, 1.54) is 19.3 Å². The molecule has 3 N–H and O–H groups in total. The van der Waals surface area contributed by atoms with E-state index in [4.69, 9.17) is 4.74 Å². The number of carbonyl (C=O) groups is 4. The van der Waals surface area contributed by atoms with Gasteiger partial charge in [0, 0.05) is 24.6 Å². The van der Waals surface area contributed by atoms with Crippen molar-refractivity contribution < 1.29 is 28.7 Å². The van der Waals surface area contributed by atoms with Crippen LogP contribution in [-0.2, 0) is 30.5 Å². The Kier molecular flexibility index (Phi) is 10.4. The summed E-state index contributed by atoms with van der Waals surface area (Å²) in [6, 6.07) is 7.82. The average molecular weight is 460 g/mol. The van der Waals surface area contributed by atoms with Gasteiger partial charge in [-0.05, 0) is 30.7 Å². The first-order valence-corrected chi connectivity index (χ1v) is 11.1. The van der Waals surface area contributed by atoms with Gasteiger partial charge in [0.15, 0.2) is 0 Å². The minimum Gasteiger partial charge on any atom is -0.466 e. The van der Waals surface area contributed by atoms with Crippen molar-refractivity contribution in [3.63, 3.8) is 0 Å². The molecule has 0 aliphatic carbocycles. The van der Waals surface area contributed by atoms with E-state index in [0.29, 0.717) is 25.8 Å². The standard InChI is InChI=1S/C24H33N3O6/c1-16(2)13-20(27-24(31)33-15-17-7-5-4-6-8-17)23(30)26-19(9-10-21(28)32-3)14-18-11-12-25-22(18)29/h4-10,16,18-20H,11-15H2,1-3H3,(H,25,29)(H,26,30)(H,27,31)/b10-9+/t18-,19+,20-/m0/s1. The predicted octanol–water partition coefficient (Wildman–Crippen LogP) is 2.07. The molecule has 1 aromatic rings. The lowest BCUT2D eigenvalue weighted by molar-refractivity contribution is -0.135. The van der Waals surface area contributed by atoms with Crippen LogP contribution < -0.4 is 16.0 Å². The maximum absolute atomic E-state index is 13.0. The van der Waals surface area contributed by atoms with Gasteiger partial charge in [-0.3, -0.25) is 9.59 Å². The second-order valence-corrected chi connectivity index (χ2v) is 8.40. The Labute approximate surface area is 194 Å². The van der Waals surface area contributed by atoms with Gasteiger partial charge in [0.1, 0.15) is 12.6 Å². The number of benzene rings is 1. The van der Waals surface area contributed by atoms with E-state index in [1.807, 2.05) is 44.2 Å². The van der Waals surface area contributed by atoms with Gasteiger partial charge in [-0.1, -0.05) is 50.3 Å². The number of carbonyl (C=O) groups excluding carboxylic acids is 4. The molecule has 3 atom stereocenters. The number of rotatable bonds is 11. The van der Waals surface area contributed by atoms with Crippen LogP contribution >= 0.6 is 0 Å². The van der Waals surface area contributed by atoms with Crippen LogP contribution in [-0.4, -0.2) is 49.6 Å². The fourth-order valence-electron chi connectivity index (χ4n) is 3.52. The Hall–Kier alpha value is -3.36. The maximum atomic E-state index is 13.0. The molecule has 1 aliphatic rings. The summed E-state index contributed by atoms with van der Waals surface area (Å²) in [5, 5.41) is 8.24. The maximum Gasteiger partial charge on any atom is 0.408 e. The lowest BCUT2D eigenvalue weighted by atomic mass is 9.97. The summed E-state index contributed by atoms with van der Waals surface area (Å²) < 4.78 is 9.87. The van der Waals surface area contributed by atoms with Gasteiger partial charge in [0.05, 0.1) is 7.11 Å². The van der Waals surface area contributed by atoms with Crippen LogP contribution in [0, 0.1) is 11.8 Å². The minimum absolute atomic E-state index is 0.0814. The average Bonchev–Trinajstić information content (AvgIpc) is 3.19. The molecule has 1 fully saturated rings. The fourth-order valence-corrected chi connectivity index (χ4v) is 3.52. The molecule has 0 unspecified atom stereocenters. The highest BCUT2D eigenvalue weighted by Gasteiger charge is 2.29. The highest BCUT2D eigenvalue weighted by atomic mass is 16.5. The Morgan fingerprint density at radius 3 is 2.52 bits per heavy atom. The van der Waals surface area contributed by atoms with E-state index in [1.54, 1.807) is 0 Å². The van der Waals surface area contributed by atoms with Crippen LogP contribution in [0.4, 0.5) is 4.79 Å². The van der Waals surface area contributed by atoms with Gasteiger partial charge in [-0.2, -0.15) is 0 Å². The van der Waals surface area contributed by atoms with Gasteiger partial charge in [-0.25, -0.2) is 9.59 Å². The molecule has 1 aliphatic heterocycles. The number of esters is 1. The summed E-state index contributed by atoms with van der Waals surface area (Å²) in [7, 11) is 1.26. The summed E-state index contributed by atoms with van der Waals surface area (Å²) in [6.07, 6.45) is 3.40. The first kappa shape index (κ1) is 25.9. The van der Waals surface area contributed by atoms with Crippen LogP contribution in [0.1, 0.15) is 38.7 Å². The number of hydrogen-bond donors (Lipinski definition) is 3. The molecule has 0 saturated carbocycles. The molecule has 1 aromatic carbocycles. The van der Waals surface area contributed by atoms with Crippen molar-refractivity contribution in [2.24, 2.45) is 11.8 Å². The molecule has 1 saturated heterocycles. The predicted molar refractivity (Wildman–Crippen MR) is 122 cm³/mol. The zero-order valence-corrected chi connectivity index (χ0v) is 19.3. The molecule has 0 bridgehead atoms. The Morgan fingerprint density at radius 1 is 1.18 bits per heavy atom. The summed E-state index contributed by atoms with van der Waals surface area (Å²) in [4.78, 5) is 48.9. The SMILES string of the molecule is COC(=O)/C=C/[C@H](C[C@@H]1CCNC1=O)NC(=O)[C@H](CC(C)C)NC(=O)OCc1ccccc1. The molecular formula is C24H33N3O6. The van der Waals surface area contributed by atoms with Gasteiger partial charge < -0.3 is 25.4 Å². The van der Waals surface area contributed by atoms with E-state index in [2.05, 4.69) is 20.7 Å². The number of ether oxygens (including phenoxy) is 2. The fraction of sp³-hybridized carbons (Fsp3) is 0.500. The Morgan fingerprint density at radius 2 is 1.91 bits per heavy atom. The summed E-state index contributed by atoms with van der Waals surface area (Å²) in [5.41, 5.74) is 0.834. The number of methoxy groups -OCH3 is 1. The highest BCUT2D eigenvalue weighted by molar-refractivity contribution is 5.87. The van der Waals surface area contributed by atoms with Crippen molar-refractivity contribution in [2.45, 2.75) is 51.8 Å². The molecule has 2 rings (SSSR count). The van der Waals surface area contributed by atoms with E-state index in [9.17, 15) is 19.2 Å². The molecule has 180 valence electrons. The minimum atomic E-state index is -0.834. The van der Waals surface area contributed by atoms with Gasteiger partial charge >= 0.3 is 12.1 Å². The highest BCUT2D eigenvalue weighted by Crippen LogP contribution is 2.17. The Balaban J connectivity index is 2.03.